The van der Waals surface area contributed by atoms with E-state index in [1.165, 1.54) is 6.08 Å². The molecule has 4 nitrogen and oxygen atoms in total. The predicted molar refractivity (Wildman–Crippen MR) is 32.7 cm³/mol. The van der Waals surface area contributed by atoms with Crippen molar-refractivity contribution in [2.75, 3.05) is 13.2 Å². The smallest absolute Gasteiger partial charge is 0.224 e. The number of aliphatic hydroxyl groups is 1. The third-order valence-electron chi connectivity index (χ3n) is 0.818. The van der Waals surface area contributed by atoms with Crippen molar-refractivity contribution in [2.24, 2.45) is 0 Å². The topological polar surface area (TPSA) is 63.4 Å². The summed E-state index contributed by atoms with van der Waals surface area (Å²) in [7, 11) is 0. The summed E-state index contributed by atoms with van der Waals surface area (Å²) in [4.78, 5) is 9.34. The molecule has 0 radical (unpaired) electrons. The van der Waals surface area contributed by atoms with Crippen molar-refractivity contribution in [3.8, 4) is 0 Å². The SMILES string of the molecule is C/C(=C\CO)C[N+](=O)[O-]. The third kappa shape index (κ3) is 4.96. The number of nitrogens with zero attached hydrogens (tertiary/aromatic N) is 1. The van der Waals surface area contributed by atoms with Crippen LogP contribution in [0.3, 0.4) is 0 Å². The lowest BCUT2D eigenvalue weighted by Gasteiger charge is -1.90. The highest BCUT2D eigenvalue weighted by molar-refractivity contribution is 4.97. The van der Waals surface area contributed by atoms with Gasteiger partial charge in [-0.2, -0.15) is 0 Å². The van der Waals surface area contributed by atoms with Crippen LogP contribution in [0.15, 0.2) is 11.6 Å². The fraction of sp³-hybridized carbons (Fsp3) is 0.600. The van der Waals surface area contributed by atoms with Crippen LogP contribution < -0.4 is 0 Å². The normalized spacial score (nSPS) is 11.6. The Labute approximate surface area is 53.0 Å². The van der Waals surface area contributed by atoms with Crippen LogP contribution in [0.1, 0.15) is 6.92 Å². The molecule has 0 fully saturated rings. The van der Waals surface area contributed by atoms with Crippen molar-refractivity contribution >= 4 is 0 Å². The summed E-state index contributed by atoms with van der Waals surface area (Å²) in [6, 6.07) is 0. The van der Waals surface area contributed by atoms with Crippen LogP contribution in [0.5, 0.6) is 0 Å². The second-order valence-electron chi connectivity index (χ2n) is 1.72. The molecule has 0 aromatic rings. The molecule has 9 heavy (non-hydrogen) atoms. The van der Waals surface area contributed by atoms with E-state index >= 15 is 0 Å². The van der Waals surface area contributed by atoms with E-state index in [0.717, 1.165) is 0 Å². The van der Waals surface area contributed by atoms with Crippen LogP contribution in [0.4, 0.5) is 0 Å². The first-order chi connectivity index (χ1) is 4.16. The van der Waals surface area contributed by atoms with Gasteiger partial charge in [-0.05, 0) is 12.5 Å². The summed E-state index contributed by atoms with van der Waals surface area (Å²) < 4.78 is 0. The summed E-state index contributed by atoms with van der Waals surface area (Å²) in [5, 5.41) is 18.0. The molecule has 0 aromatic heterocycles. The monoisotopic (exact) mass is 131 g/mol. The lowest BCUT2D eigenvalue weighted by Crippen LogP contribution is -2.01. The zero-order valence-electron chi connectivity index (χ0n) is 5.20. The number of hydrogen-bond acceptors (Lipinski definition) is 3. The maximum Gasteiger partial charge on any atom is 0.224 e. The highest BCUT2D eigenvalue weighted by Crippen LogP contribution is 1.89. The van der Waals surface area contributed by atoms with Gasteiger partial charge in [0.2, 0.25) is 6.54 Å². The number of rotatable bonds is 3. The van der Waals surface area contributed by atoms with Gasteiger partial charge in [0.05, 0.1) is 6.61 Å². The molecule has 52 valence electrons. The molecule has 0 heterocycles. The average molecular weight is 131 g/mol. The summed E-state index contributed by atoms with van der Waals surface area (Å²) in [5.41, 5.74) is 0.586. The van der Waals surface area contributed by atoms with Crippen LogP contribution in [0.25, 0.3) is 0 Å². The molecule has 0 amide bonds. The second kappa shape index (κ2) is 4.03. The molecule has 0 spiro atoms. The molecule has 0 unspecified atom stereocenters. The predicted octanol–water partition coefficient (Wildman–Crippen LogP) is 0.202. The van der Waals surface area contributed by atoms with Gasteiger partial charge in [0.15, 0.2) is 0 Å². The Bertz CT molecular complexity index is 130. The van der Waals surface area contributed by atoms with Crippen LogP contribution >= 0.6 is 0 Å². The van der Waals surface area contributed by atoms with Gasteiger partial charge in [-0.3, -0.25) is 10.1 Å². The fourth-order valence-electron chi connectivity index (χ4n) is 0.424. The summed E-state index contributed by atoms with van der Waals surface area (Å²) in [6.07, 6.45) is 1.42. The van der Waals surface area contributed by atoms with Gasteiger partial charge >= 0.3 is 0 Å². The van der Waals surface area contributed by atoms with Gasteiger partial charge in [-0.15, -0.1) is 0 Å². The molecular formula is C5H9NO3. The first-order valence-corrected chi connectivity index (χ1v) is 2.55. The van der Waals surface area contributed by atoms with E-state index in [1.807, 2.05) is 0 Å². The molecule has 0 atom stereocenters. The van der Waals surface area contributed by atoms with E-state index < -0.39 is 4.92 Å². The first kappa shape index (κ1) is 8.10. The quantitative estimate of drug-likeness (QED) is 0.338. The van der Waals surface area contributed by atoms with E-state index in [1.54, 1.807) is 6.92 Å². The minimum atomic E-state index is -0.429. The standard InChI is InChI=1S/C5H9NO3/c1-5(2-3-7)4-6(8)9/h2,7H,3-4H2,1H3/b5-2+. The van der Waals surface area contributed by atoms with Gasteiger partial charge in [0, 0.05) is 4.92 Å². The first-order valence-electron chi connectivity index (χ1n) is 2.55. The molecular weight excluding hydrogens is 122 g/mol. The van der Waals surface area contributed by atoms with Crippen molar-refractivity contribution in [3.05, 3.63) is 21.8 Å². The van der Waals surface area contributed by atoms with Crippen molar-refractivity contribution in [1.29, 1.82) is 0 Å². The average Bonchev–Trinajstić information content (AvgIpc) is 1.63. The molecule has 0 bridgehead atoms. The van der Waals surface area contributed by atoms with Crippen molar-refractivity contribution in [3.63, 3.8) is 0 Å². The van der Waals surface area contributed by atoms with Crippen LogP contribution in [-0.2, 0) is 0 Å². The van der Waals surface area contributed by atoms with E-state index in [0.29, 0.717) is 5.57 Å². The maximum atomic E-state index is 9.77. The lowest BCUT2D eigenvalue weighted by molar-refractivity contribution is -0.470. The van der Waals surface area contributed by atoms with Gasteiger partial charge in [-0.25, -0.2) is 0 Å². The van der Waals surface area contributed by atoms with E-state index in [9.17, 15) is 10.1 Å². The Kier molecular flexibility index (Phi) is 3.62. The number of nitro groups is 1. The van der Waals surface area contributed by atoms with E-state index in [-0.39, 0.29) is 13.2 Å². The Hall–Kier alpha value is -0.900. The molecule has 0 saturated heterocycles. The van der Waals surface area contributed by atoms with E-state index in [2.05, 4.69) is 0 Å². The molecule has 0 aliphatic heterocycles. The van der Waals surface area contributed by atoms with Crippen LogP contribution in [0, 0.1) is 10.1 Å². The summed E-state index contributed by atoms with van der Waals surface area (Å²) >= 11 is 0. The molecule has 0 aliphatic rings. The van der Waals surface area contributed by atoms with Crippen molar-refractivity contribution in [1.82, 2.24) is 0 Å². The zero-order valence-corrected chi connectivity index (χ0v) is 5.20. The zero-order chi connectivity index (χ0) is 7.28. The minimum absolute atomic E-state index is 0.125. The highest BCUT2D eigenvalue weighted by Gasteiger charge is 1.96. The van der Waals surface area contributed by atoms with Gasteiger partial charge in [-0.1, -0.05) is 6.08 Å². The van der Waals surface area contributed by atoms with Crippen LogP contribution in [-0.4, -0.2) is 23.2 Å². The maximum absolute atomic E-state index is 9.77. The van der Waals surface area contributed by atoms with Gasteiger partial charge in [0.1, 0.15) is 0 Å². The highest BCUT2D eigenvalue weighted by atomic mass is 16.6. The molecule has 1 N–H and O–H groups in total. The number of hydrogen-bond donors (Lipinski definition) is 1. The van der Waals surface area contributed by atoms with Gasteiger partial charge < -0.3 is 5.11 Å². The molecule has 0 aliphatic carbocycles. The Morgan fingerprint density at radius 3 is 2.78 bits per heavy atom. The largest absolute Gasteiger partial charge is 0.392 e. The third-order valence-corrected chi connectivity index (χ3v) is 0.818. The Balaban J connectivity index is 3.62. The minimum Gasteiger partial charge on any atom is -0.392 e. The Morgan fingerprint density at radius 1 is 1.89 bits per heavy atom. The lowest BCUT2D eigenvalue weighted by atomic mass is 10.3. The molecule has 0 aromatic carbocycles. The van der Waals surface area contributed by atoms with Crippen molar-refractivity contribution in [2.45, 2.75) is 6.92 Å². The molecule has 0 saturated carbocycles. The van der Waals surface area contributed by atoms with E-state index in [4.69, 9.17) is 5.11 Å². The van der Waals surface area contributed by atoms with Gasteiger partial charge in [0.25, 0.3) is 0 Å². The Morgan fingerprint density at radius 2 is 2.44 bits per heavy atom. The molecule has 4 heteroatoms. The van der Waals surface area contributed by atoms with Crippen molar-refractivity contribution < 1.29 is 10.0 Å². The summed E-state index contributed by atoms with van der Waals surface area (Å²) in [5.74, 6) is 0. The van der Waals surface area contributed by atoms with Crippen LogP contribution in [0.2, 0.25) is 0 Å². The molecule has 0 rings (SSSR count). The summed E-state index contributed by atoms with van der Waals surface area (Å²) in [6.45, 7) is 1.30. The number of aliphatic hydroxyl groups excluding tert-OH is 1. The fourth-order valence-corrected chi connectivity index (χ4v) is 0.424. The second-order valence-corrected chi connectivity index (χ2v) is 1.72.